The molecule has 6 heterocycles. The number of nitrogens with one attached hydrogen (secondary N) is 3. The fourth-order valence-electron chi connectivity index (χ4n) is 9.57. The molecule has 0 bridgehead atoms. The zero-order valence-corrected chi connectivity index (χ0v) is 64.6. The van der Waals surface area contributed by atoms with Crippen LogP contribution in [0.15, 0.2) is 161 Å². The minimum atomic E-state index is -4.26. The highest BCUT2D eigenvalue weighted by molar-refractivity contribution is 7.90. The molecule has 0 aliphatic heterocycles. The number of halogens is 3. The molecule has 0 saturated carbocycles. The van der Waals surface area contributed by atoms with Crippen LogP contribution in [0, 0.1) is 56.0 Å². The number of rotatable bonds is 31. The minimum Gasteiger partial charge on any atom is -0.493 e. The summed E-state index contributed by atoms with van der Waals surface area (Å²) in [5.41, 5.74) is 3.54. The van der Waals surface area contributed by atoms with Crippen LogP contribution in [0.2, 0.25) is 0 Å². The number of carbonyl (C=O) groups is 3. The van der Waals surface area contributed by atoms with Gasteiger partial charge in [-0.05, 0) is 155 Å². The Bertz CT molecular complexity index is 5040. The summed E-state index contributed by atoms with van der Waals surface area (Å²) in [6.07, 6.45) is -0.0194. The van der Waals surface area contributed by atoms with Crippen molar-refractivity contribution in [3.05, 3.63) is 197 Å². The number of sulfonamides is 3. The molecule has 0 aliphatic rings. The minimum absolute atomic E-state index is 0. The number of hydrogen-bond donors (Lipinski definition) is 3. The lowest BCUT2D eigenvalue weighted by molar-refractivity contribution is 0.0854. The SMILES string of the molecule is COCCCOc1nc(-c2cc(F)cc(OCC(C)C)c2)ccc1C(=O)NS(=O)(=O)c1cccc(C)n1.COC[C@H](C)Oc1nc(-c2cc(F)cc(OCC(C)C)c2)ccc1C(=O)NS(=O)(=O)c1cccc(C)n1.Cc1cccc(S(=O)(=O)NC(=O)c2ccc(-c3cc(F)cc(OCC(C)C)c3)nc2N(C)C)n1.[HH].[HH].[HH].[HH].[HH].[HH]. The first-order valence-electron chi connectivity index (χ1n) is 33.8. The molecule has 0 fully saturated rings. The molecular weight excluding hydrogens is 1460 g/mol. The molecule has 3 amide bonds. The lowest BCUT2D eigenvalue weighted by Crippen LogP contribution is -2.32. The molecule has 3 aromatic carbocycles. The normalized spacial score (nSPS) is 11.7. The third-order valence-electron chi connectivity index (χ3n) is 14.5. The van der Waals surface area contributed by atoms with Crippen LogP contribution in [0.25, 0.3) is 33.8 Å². The quantitative estimate of drug-likeness (QED) is 0.0340. The van der Waals surface area contributed by atoms with Crippen molar-refractivity contribution in [1.82, 2.24) is 44.1 Å². The first-order chi connectivity index (χ1) is 51.0. The van der Waals surface area contributed by atoms with Gasteiger partial charge in [0.15, 0.2) is 15.1 Å². The average molecular weight is 1560 g/mol. The van der Waals surface area contributed by atoms with Gasteiger partial charge in [-0.1, -0.05) is 59.7 Å². The predicted molar refractivity (Wildman–Crippen MR) is 412 cm³/mol. The van der Waals surface area contributed by atoms with E-state index in [1.807, 2.05) is 55.7 Å². The molecule has 0 unspecified atom stereocenters. The molecule has 0 aliphatic carbocycles. The number of anilines is 1. The number of ether oxygens (including phenoxy) is 7. The van der Waals surface area contributed by atoms with Gasteiger partial charge in [-0.15, -0.1) is 0 Å². The van der Waals surface area contributed by atoms with E-state index in [4.69, 9.17) is 33.2 Å². The van der Waals surface area contributed by atoms with Gasteiger partial charge < -0.3 is 38.1 Å². The van der Waals surface area contributed by atoms with Crippen molar-refractivity contribution in [3.8, 4) is 62.8 Å². The second-order valence-electron chi connectivity index (χ2n) is 25.9. The third-order valence-corrected chi connectivity index (χ3v) is 18.2. The fourth-order valence-corrected chi connectivity index (χ4v) is 12.5. The van der Waals surface area contributed by atoms with Crippen LogP contribution in [-0.2, 0) is 39.5 Å². The van der Waals surface area contributed by atoms with E-state index in [1.54, 1.807) is 96.3 Å². The molecular formula is C76H99F3N10O16S3. The van der Waals surface area contributed by atoms with E-state index in [9.17, 15) is 52.8 Å². The van der Waals surface area contributed by atoms with Crippen LogP contribution in [0.1, 0.15) is 112 Å². The van der Waals surface area contributed by atoms with E-state index in [0.717, 1.165) is 0 Å². The number of benzene rings is 3. The Morgan fingerprint density at radius 2 is 0.778 bits per heavy atom. The van der Waals surface area contributed by atoms with Crippen molar-refractivity contribution >= 4 is 53.6 Å². The van der Waals surface area contributed by atoms with Crippen LogP contribution >= 0.6 is 0 Å². The predicted octanol–water partition coefficient (Wildman–Crippen LogP) is 13.6. The number of aryl methyl sites for hydroxylation is 3. The Morgan fingerprint density at radius 3 is 1.13 bits per heavy atom. The van der Waals surface area contributed by atoms with Gasteiger partial charge in [0.25, 0.3) is 47.8 Å². The summed E-state index contributed by atoms with van der Waals surface area (Å²) >= 11 is 0. The zero-order chi connectivity index (χ0) is 79.2. The van der Waals surface area contributed by atoms with Crippen molar-refractivity contribution in [2.45, 2.75) is 96.8 Å². The lowest BCUT2D eigenvalue weighted by Gasteiger charge is -2.18. The average Bonchev–Trinajstić information content (AvgIpc) is 0.803. The Morgan fingerprint density at radius 1 is 0.426 bits per heavy atom. The zero-order valence-electron chi connectivity index (χ0n) is 62.1. The molecule has 3 N–H and O–H groups in total. The van der Waals surface area contributed by atoms with Crippen molar-refractivity contribution in [1.29, 1.82) is 0 Å². The summed E-state index contributed by atoms with van der Waals surface area (Å²) in [7, 11) is -6.31. The van der Waals surface area contributed by atoms with E-state index in [2.05, 4.69) is 29.9 Å². The lowest BCUT2D eigenvalue weighted by atomic mass is 10.1. The molecule has 0 spiro atoms. The smallest absolute Gasteiger partial charge is 0.281 e. The molecule has 0 saturated heterocycles. The fraction of sp³-hybridized carbons (Fsp3) is 0.329. The Hall–Kier alpha value is -10.7. The highest BCUT2D eigenvalue weighted by Crippen LogP contribution is 2.33. The molecule has 9 rings (SSSR count). The van der Waals surface area contributed by atoms with Gasteiger partial charge in [-0.25, -0.2) is 57.2 Å². The van der Waals surface area contributed by atoms with E-state index < -0.39 is 71.3 Å². The maximum atomic E-state index is 14.3. The van der Waals surface area contributed by atoms with Crippen LogP contribution in [-0.4, -0.2) is 147 Å². The van der Waals surface area contributed by atoms with Gasteiger partial charge in [0, 0.05) is 102 Å². The highest BCUT2D eigenvalue weighted by Gasteiger charge is 2.28. The van der Waals surface area contributed by atoms with Gasteiger partial charge in [-0.3, -0.25) is 14.4 Å². The Balaban J connectivity index is 0.000000834. The molecule has 26 nitrogen and oxygen atoms in total. The first-order valence-corrected chi connectivity index (χ1v) is 38.3. The summed E-state index contributed by atoms with van der Waals surface area (Å²) in [5, 5.41) is -0.846. The summed E-state index contributed by atoms with van der Waals surface area (Å²) < 4.78 is 164. The second kappa shape index (κ2) is 38.7. The number of hydrogen-bond acceptors (Lipinski definition) is 23. The van der Waals surface area contributed by atoms with Crippen molar-refractivity contribution in [2.75, 3.05) is 72.9 Å². The maximum absolute atomic E-state index is 14.3. The topological polar surface area (TPSA) is 335 Å². The van der Waals surface area contributed by atoms with Crippen molar-refractivity contribution < 1.29 is 94.5 Å². The summed E-state index contributed by atoms with van der Waals surface area (Å²) in [5.74, 6) is -2.48. The summed E-state index contributed by atoms with van der Waals surface area (Å²) in [4.78, 5) is 65.7. The molecule has 108 heavy (non-hydrogen) atoms. The molecule has 32 heteroatoms. The van der Waals surface area contributed by atoms with E-state index in [1.165, 1.54) is 110 Å². The first kappa shape index (κ1) is 84.6. The van der Waals surface area contributed by atoms with Crippen molar-refractivity contribution in [2.24, 2.45) is 17.8 Å². The highest BCUT2D eigenvalue weighted by atomic mass is 32.2. The van der Waals surface area contributed by atoms with Crippen molar-refractivity contribution in [3.63, 3.8) is 0 Å². The van der Waals surface area contributed by atoms with Gasteiger partial charge in [0.1, 0.15) is 57.7 Å². The van der Waals surface area contributed by atoms with Crippen LogP contribution in [0.3, 0.4) is 0 Å². The number of amides is 3. The number of pyridine rings is 6. The Kier molecular flexibility index (Phi) is 30.3. The third kappa shape index (κ3) is 25.2. The number of nitrogens with zero attached hydrogens (tertiary/aromatic N) is 7. The standard InChI is InChI=1S/2C26H30FN3O6S.C24H27FN4O4S.6H2/c1-16(2)14-35-21-12-19(11-20(27)13-21)23-10-9-22(26(29-23)36-18(4)15-34-5)25(31)30-37(32,33)24-8-6-7-17(3)28-24;1-17(2)16-36-21-14-19(13-20(27)15-21)23-10-9-22(26(29-23)35-12-6-11-34-4)25(31)30-37(32,33)24-8-5-7-18(3)28-24;1-15(2)14-33-19-12-17(11-18(25)13-19)21-10-9-20(23(27-21)29(4)5)24(30)28-34(31,32)22-8-6-7-16(3)26-22;;;;;;/h6-13,16,18H,14-15H2,1-5H3,(H,30,31);5,7-10,13-15,17H,6,11-12,16H2,1-4H3,(H,30,31);6-13,15H,14H2,1-5H3,(H,28,30);6*1H/t18-;;;;;;;;/m0......../s1. The van der Waals surface area contributed by atoms with Gasteiger partial charge >= 0.3 is 0 Å². The number of aromatic nitrogens is 6. The van der Waals surface area contributed by atoms with Crippen LogP contribution in [0.4, 0.5) is 19.0 Å². The molecule has 6 aromatic heterocycles. The van der Waals surface area contributed by atoms with E-state index in [-0.39, 0.29) is 88.9 Å². The number of methoxy groups -OCH3 is 2. The van der Waals surface area contributed by atoms with Crippen LogP contribution in [0.5, 0.6) is 29.0 Å². The molecule has 1 atom stereocenters. The van der Waals surface area contributed by atoms with Crippen LogP contribution < -0.4 is 42.8 Å². The number of carbonyl (C=O) groups excluding carboxylic acids is 3. The van der Waals surface area contributed by atoms with Gasteiger partial charge in [0.05, 0.1) is 55.7 Å². The van der Waals surface area contributed by atoms with E-state index >= 15 is 0 Å². The Labute approximate surface area is 636 Å². The molecule has 9 aromatic rings. The molecule has 588 valence electrons. The van der Waals surface area contributed by atoms with Gasteiger partial charge in [-0.2, -0.15) is 25.3 Å². The largest absolute Gasteiger partial charge is 0.493 e. The summed E-state index contributed by atoms with van der Waals surface area (Å²) in [6.45, 7) is 20.5. The monoisotopic (exact) mass is 1560 g/mol. The molecule has 0 radical (unpaired) electrons. The maximum Gasteiger partial charge on any atom is 0.281 e. The van der Waals surface area contributed by atoms with Gasteiger partial charge in [0.2, 0.25) is 11.8 Å². The summed E-state index contributed by atoms with van der Waals surface area (Å²) in [6, 6.07) is 34.7. The van der Waals surface area contributed by atoms with E-state index in [0.29, 0.717) is 101 Å². The second-order valence-corrected chi connectivity index (χ2v) is 30.8.